The molecule has 0 saturated heterocycles. The first-order valence-electron chi connectivity index (χ1n) is 6.13. The summed E-state index contributed by atoms with van der Waals surface area (Å²) in [7, 11) is 0. The highest BCUT2D eigenvalue weighted by Crippen LogP contribution is 2.21. The van der Waals surface area contributed by atoms with Crippen LogP contribution < -0.4 is 5.56 Å². The van der Waals surface area contributed by atoms with Gasteiger partial charge in [-0.15, -0.1) is 11.3 Å². The molecule has 0 fully saturated rings. The second-order valence-electron chi connectivity index (χ2n) is 4.49. The second kappa shape index (κ2) is 4.91. The minimum absolute atomic E-state index is 0.202. The molecule has 4 nitrogen and oxygen atoms in total. The van der Waals surface area contributed by atoms with Crippen molar-refractivity contribution in [2.75, 3.05) is 0 Å². The third-order valence-electron chi connectivity index (χ3n) is 3.13. The van der Waals surface area contributed by atoms with E-state index < -0.39 is 0 Å². The molecule has 0 aliphatic heterocycles. The minimum Gasteiger partial charge on any atom is -0.308 e. The Morgan fingerprint density at radius 2 is 2.15 bits per heavy atom. The average molecular weight is 281 g/mol. The van der Waals surface area contributed by atoms with Crippen LogP contribution in [0.15, 0.2) is 41.3 Å². The average Bonchev–Trinajstić information content (AvgIpc) is 2.85. The van der Waals surface area contributed by atoms with Crippen LogP contribution in [0.3, 0.4) is 0 Å². The largest absolute Gasteiger partial charge is 0.308 e. The molecule has 2 heterocycles. The van der Waals surface area contributed by atoms with E-state index in [4.69, 9.17) is 5.26 Å². The summed E-state index contributed by atoms with van der Waals surface area (Å²) in [5, 5.41) is 9.89. The van der Waals surface area contributed by atoms with Gasteiger partial charge in [0.15, 0.2) is 0 Å². The van der Waals surface area contributed by atoms with Crippen molar-refractivity contribution < 1.29 is 0 Å². The lowest BCUT2D eigenvalue weighted by Crippen LogP contribution is -2.23. The number of hydrogen-bond donors (Lipinski definition) is 0. The van der Waals surface area contributed by atoms with Crippen LogP contribution in [0.2, 0.25) is 0 Å². The number of rotatable bonds is 2. The Morgan fingerprint density at radius 1 is 1.35 bits per heavy atom. The monoisotopic (exact) mass is 281 g/mol. The van der Waals surface area contributed by atoms with Crippen molar-refractivity contribution in [2.24, 2.45) is 0 Å². The second-order valence-corrected chi connectivity index (χ2v) is 5.61. The molecule has 1 aromatic carbocycles. The zero-order valence-electron chi connectivity index (χ0n) is 10.8. The highest BCUT2D eigenvalue weighted by atomic mass is 32.1. The number of benzene rings is 1. The number of aromatic nitrogens is 2. The van der Waals surface area contributed by atoms with E-state index in [0.29, 0.717) is 12.1 Å². The minimum atomic E-state index is -0.258. The molecule has 0 saturated carbocycles. The van der Waals surface area contributed by atoms with Gasteiger partial charge < -0.3 is 4.57 Å². The number of nitriles is 1. The van der Waals surface area contributed by atoms with Gasteiger partial charge in [-0.2, -0.15) is 5.26 Å². The van der Waals surface area contributed by atoms with Crippen LogP contribution in [0.1, 0.15) is 16.1 Å². The molecule has 0 radical (unpaired) electrons. The first kappa shape index (κ1) is 12.6. The van der Waals surface area contributed by atoms with Gasteiger partial charge in [-0.05, 0) is 30.7 Å². The van der Waals surface area contributed by atoms with Crippen molar-refractivity contribution in [1.82, 2.24) is 9.55 Å². The van der Waals surface area contributed by atoms with Crippen LogP contribution in [0.4, 0.5) is 0 Å². The van der Waals surface area contributed by atoms with E-state index in [0.717, 1.165) is 15.2 Å². The van der Waals surface area contributed by atoms with Crippen LogP contribution in [0, 0.1) is 18.3 Å². The third kappa shape index (κ3) is 2.10. The molecule has 3 aromatic rings. The van der Waals surface area contributed by atoms with Crippen LogP contribution in [0.25, 0.3) is 10.2 Å². The maximum Gasteiger partial charge on any atom is 0.269 e. The van der Waals surface area contributed by atoms with E-state index in [1.165, 1.54) is 4.57 Å². The van der Waals surface area contributed by atoms with Gasteiger partial charge in [-0.1, -0.05) is 12.1 Å². The molecule has 0 atom stereocenters. The molecular weight excluding hydrogens is 270 g/mol. The highest BCUT2D eigenvalue weighted by Gasteiger charge is 2.09. The Labute approximate surface area is 119 Å². The fourth-order valence-electron chi connectivity index (χ4n) is 2.06. The zero-order chi connectivity index (χ0) is 14.1. The van der Waals surface area contributed by atoms with Crippen molar-refractivity contribution in [2.45, 2.75) is 13.5 Å². The van der Waals surface area contributed by atoms with E-state index >= 15 is 0 Å². The van der Waals surface area contributed by atoms with Gasteiger partial charge in [0.25, 0.3) is 5.56 Å². The van der Waals surface area contributed by atoms with Gasteiger partial charge in [-0.25, -0.2) is 4.98 Å². The number of pyridine rings is 1. The number of nitrogens with zero attached hydrogens (tertiary/aromatic N) is 3. The van der Waals surface area contributed by atoms with Gasteiger partial charge in [0.2, 0.25) is 0 Å². The number of para-hydroxylation sites is 1. The number of thiazole rings is 1. The first-order chi connectivity index (χ1) is 9.69. The molecule has 0 unspecified atom stereocenters. The molecule has 98 valence electrons. The lowest BCUT2D eigenvalue weighted by molar-refractivity contribution is 0.750. The number of aryl methyl sites for hydroxylation is 1. The van der Waals surface area contributed by atoms with Crippen molar-refractivity contribution in [3.8, 4) is 6.07 Å². The van der Waals surface area contributed by atoms with Crippen LogP contribution >= 0.6 is 11.3 Å². The van der Waals surface area contributed by atoms with Crippen LogP contribution in [-0.2, 0) is 6.54 Å². The smallest absolute Gasteiger partial charge is 0.269 e. The molecule has 3 rings (SSSR count). The maximum absolute atomic E-state index is 12.2. The van der Waals surface area contributed by atoms with Gasteiger partial charge in [0.1, 0.15) is 16.6 Å². The fraction of sp³-hybridized carbons (Fsp3) is 0.133. The van der Waals surface area contributed by atoms with Crippen LogP contribution in [0.5, 0.6) is 0 Å². The van der Waals surface area contributed by atoms with Gasteiger partial charge in [-0.3, -0.25) is 4.79 Å². The molecule has 0 spiro atoms. The molecule has 0 aliphatic rings. The maximum atomic E-state index is 12.2. The Hall–Kier alpha value is -2.45. The van der Waals surface area contributed by atoms with E-state index in [1.54, 1.807) is 30.5 Å². The Kier molecular flexibility index (Phi) is 3.09. The van der Waals surface area contributed by atoms with Crippen LogP contribution in [-0.4, -0.2) is 9.55 Å². The van der Waals surface area contributed by atoms with E-state index in [2.05, 4.69) is 4.98 Å². The molecule has 0 aliphatic carbocycles. The fourth-order valence-corrected chi connectivity index (χ4v) is 3.03. The topological polar surface area (TPSA) is 58.7 Å². The lowest BCUT2D eigenvalue weighted by Gasteiger charge is -2.04. The van der Waals surface area contributed by atoms with Gasteiger partial charge in [0, 0.05) is 6.20 Å². The molecular formula is C15H11N3OS. The standard InChI is InChI=1S/C15H11N3OS/c1-10-6-7-18(15(19)11(10)8-16)9-14-17-12-4-2-3-5-13(12)20-14/h2-7H,9H2,1H3. The number of hydrogen-bond acceptors (Lipinski definition) is 4. The normalized spacial score (nSPS) is 10.6. The molecule has 0 N–H and O–H groups in total. The summed E-state index contributed by atoms with van der Waals surface area (Å²) >= 11 is 1.56. The van der Waals surface area contributed by atoms with Gasteiger partial charge >= 0.3 is 0 Å². The summed E-state index contributed by atoms with van der Waals surface area (Å²) in [6, 6.07) is 11.6. The number of fused-ring (bicyclic) bond motifs is 1. The summed E-state index contributed by atoms with van der Waals surface area (Å²) in [6.07, 6.45) is 1.71. The highest BCUT2D eigenvalue weighted by molar-refractivity contribution is 7.18. The van der Waals surface area contributed by atoms with Crippen molar-refractivity contribution >= 4 is 21.6 Å². The first-order valence-corrected chi connectivity index (χ1v) is 6.95. The zero-order valence-corrected chi connectivity index (χ0v) is 11.6. The summed E-state index contributed by atoms with van der Waals surface area (Å²) in [5.74, 6) is 0. The lowest BCUT2D eigenvalue weighted by atomic mass is 10.2. The van der Waals surface area contributed by atoms with E-state index in [1.807, 2.05) is 30.3 Å². The summed E-state index contributed by atoms with van der Waals surface area (Å²) in [6.45, 7) is 2.16. The molecule has 0 bridgehead atoms. The third-order valence-corrected chi connectivity index (χ3v) is 4.15. The molecule has 0 amide bonds. The van der Waals surface area contributed by atoms with Crippen molar-refractivity contribution in [3.05, 3.63) is 63.0 Å². The van der Waals surface area contributed by atoms with Crippen molar-refractivity contribution in [3.63, 3.8) is 0 Å². The summed E-state index contributed by atoms with van der Waals surface area (Å²) < 4.78 is 2.63. The molecule has 20 heavy (non-hydrogen) atoms. The molecule has 5 heteroatoms. The quantitative estimate of drug-likeness (QED) is 0.725. The summed E-state index contributed by atoms with van der Waals surface area (Å²) in [5.41, 5.74) is 1.59. The van der Waals surface area contributed by atoms with Crippen molar-refractivity contribution in [1.29, 1.82) is 5.26 Å². The Morgan fingerprint density at radius 3 is 2.90 bits per heavy atom. The Balaban J connectivity index is 2.03. The Bertz CT molecular complexity index is 853. The predicted octanol–water partition coefficient (Wildman–Crippen LogP) is 2.69. The van der Waals surface area contributed by atoms with E-state index in [9.17, 15) is 4.79 Å². The van der Waals surface area contributed by atoms with E-state index in [-0.39, 0.29) is 11.1 Å². The summed E-state index contributed by atoms with van der Waals surface area (Å²) in [4.78, 5) is 16.7. The SMILES string of the molecule is Cc1ccn(Cc2nc3ccccc3s2)c(=O)c1C#N. The molecule has 2 aromatic heterocycles. The predicted molar refractivity (Wildman–Crippen MR) is 78.9 cm³/mol. The van der Waals surface area contributed by atoms with Gasteiger partial charge in [0.05, 0.1) is 16.8 Å².